The monoisotopic (exact) mass is 481 g/mol. The molecule has 3 N–H and O–H groups in total. The summed E-state index contributed by atoms with van der Waals surface area (Å²) in [4.78, 5) is 17.0. The Hall–Kier alpha value is -2.59. The van der Waals surface area contributed by atoms with Crippen LogP contribution in [0.4, 0.5) is 14.5 Å². The van der Waals surface area contributed by atoms with E-state index in [2.05, 4.69) is 31.1 Å². The molecule has 2 unspecified atom stereocenters. The number of rotatable bonds is 5. The number of anilines is 1. The molecule has 1 aromatic heterocycles. The number of aromatic nitrogens is 1. The smallest absolute Gasteiger partial charge is 0.255 e. The van der Waals surface area contributed by atoms with E-state index < -0.39 is 33.5 Å². The normalized spacial score (nSPS) is 21.5. The van der Waals surface area contributed by atoms with Crippen molar-refractivity contribution in [2.75, 3.05) is 12.4 Å². The lowest BCUT2D eigenvalue weighted by Crippen LogP contribution is -2.37. The maximum atomic E-state index is 14.5. The van der Waals surface area contributed by atoms with Crippen molar-refractivity contribution < 1.29 is 26.7 Å². The number of primary sulfonamides is 1. The van der Waals surface area contributed by atoms with Gasteiger partial charge in [-0.25, -0.2) is 22.9 Å². The number of nitrogens with two attached hydrogens (primary N) is 1. The number of hydrogen-bond donors (Lipinski definition) is 2. The Kier molecular flexibility index (Phi) is 7.09. The highest BCUT2D eigenvalue weighted by Gasteiger charge is 2.41. The van der Waals surface area contributed by atoms with Crippen LogP contribution in [0.2, 0.25) is 0 Å². The number of nitrogens with zero attached hydrogens (tertiary/aromatic N) is 1. The van der Waals surface area contributed by atoms with Crippen LogP contribution in [-0.2, 0) is 14.8 Å². The van der Waals surface area contributed by atoms with E-state index in [0.29, 0.717) is 18.4 Å². The molecule has 3 rings (SSSR count). The summed E-state index contributed by atoms with van der Waals surface area (Å²) in [5, 5.41) is 7.50. The number of amides is 1. The van der Waals surface area contributed by atoms with E-state index in [1.54, 1.807) is 0 Å². The van der Waals surface area contributed by atoms with Crippen molar-refractivity contribution in [1.29, 1.82) is 0 Å². The van der Waals surface area contributed by atoms with Crippen molar-refractivity contribution in [2.45, 2.75) is 51.0 Å². The molecule has 1 amide bonds. The van der Waals surface area contributed by atoms with Gasteiger partial charge in [0.25, 0.3) is 10.0 Å². The summed E-state index contributed by atoms with van der Waals surface area (Å²) in [6, 6.07) is 5.16. The molecule has 7 nitrogen and oxygen atoms in total. The van der Waals surface area contributed by atoms with Gasteiger partial charge in [0.2, 0.25) is 11.7 Å². The number of carbonyl (C=O) groups excluding carboxylic acids is 1. The van der Waals surface area contributed by atoms with Crippen LogP contribution >= 0.6 is 0 Å². The number of ether oxygens (including phenoxy) is 1. The summed E-state index contributed by atoms with van der Waals surface area (Å²) in [5.41, 5.74) is 0.625. The average Bonchev–Trinajstić information content (AvgIpc) is 2.74. The Bertz CT molecular complexity index is 1150. The second-order valence-corrected chi connectivity index (χ2v) is 11.0. The highest BCUT2D eigenvalue weighted by molar-refractivity contribution is 7.89. The molecule has 0 bridgehead atoms. The van der Waals surface area contributed by atoms with Crippen molar-refractivity contribution in [3.8, 4) is 5.75 Å². The van der Waals surface area contributed by atoms with Crippen LogP contribution in [0.25, 0.3) is 0 Å². The molecule has 1 heterocycles. The molecule has 1 aromatic carbocycles. The Morgan fingerprint density at radius 1 is 1.21 bits per heavy atom. The van der Waals surface area contributed by atoms with Gasteiger partial charge in [0.15, 0.2) is 16.6 Å². The number of nitrogens with one attached hydrogen (secondary N) is 1. The van der Waals surface area contributed by atoms with Crippen molar-refractivity contribution in [2.24, 2.45) is 22.4 Å². The lowest BCUT2D eigenvalue weighted by atomic mass is 9.63. The van der Waals surface area contributed by atoms with Gasteiger partial charge in [0, 0.05) is 29.4 Å². The molecule has 3 atom stereocenters. The van der Waals surface area contributed by atoms with E-state index in [9.17, 15) is 22.0 Å². The maximum Gasteiger partial charge on any atom is 0.255 e. The first-order valence-corrected chi connectivity index (χ1v) is 12.2. The zero-order chi connectivity index (χ0) is 24.6. The molecular formula is C23H29F2N3O4S. The summed E-state index contributed by atoms with van der Waals surface area (Å²) < 4.78 is 56.7. The fraction of sp³-hybridized carbons (Fsp3) is 0.478. The molecule has 0 aliphatic heterocycles. The lowest BCUT2D eigenvalue weighted by Gasteiger charge is -2.41. The average molecular weight is 482 g/mol. The van der Waals surface area contributed by atoms with Crippen molar-refractivity contribution in [1.82, 2.24) is 4.98 Å². The van der Waals surface area contributed by atoms with Gasteiger partial charge in [-0.05, 0) is 48.6 Å². The number of benzene rings is 1. The first-order valence-electron chi connectivity index (χ1n) is 10.6. The molecule has 1 aliphatic rings. The second-order valence-electron chi connectivity index (χ2n) is 9.49. The van der Waals surface area contributed by atoms with E-state index in [0.717, 1.165) is 12.5 Å². The third-order valence-corrected chi connectivity index (χ3v) is 7.20. The van der Waals surface area contributed by atoms with Gasteiger partial charge in [-0.1, -0.05) is 26.8 Å². The summed E-state index contributed by atoms with van der Waals surface area (Å²) in [6.07, 6.45) is 3.13. The van der Waals surface area contributed by atoms with Crippen molar-refractivity contribution >= 4 is 21.6 Å². The number of halogens is 2. The summed E-state index contributed by atoms with van der Waals surface area (Å²) in [7, 11) is -2.77. The summed E-state index contributed by atoms with van der Waals surface area (Å²) >= 11 is 0. The van der Waals surface area contributed by atoms with Crippen molar-refractivity contribution in [3.63, 3.8) is 0 Å². The number of hydrogen-bond acceptors (Lipinski definition) is 5. The van der Waals surface area contributed by atoms with Gasteiger partial charge in [0.1, 0.15) is 0 Å². The Morgan fingerprint density at radius 2 is 1.91 bits per heavy atom. The second kappa shape index (κ2) is 9.34. The van der Waals surface area contributed by atoms with E-state index in [1.807, 2.05) is 0 Å². The molecule has 2 aromatic rings. The van der Waals surface area contributed by atoms with Crippen LogP contribution in [0.1, 0.15) is 51.5 Å². The minimum Gasteiger partial charge on any atom is -0.493 e. The molecule has 0 spiro atoms. The molecule has 180 valence electrons. The van der Waals surface area contributed by atoms with Crippen LogP contribution in [0.3, 0.4) is 0 Å². The van der Waals surface area contributed by atoms with Crippen molar-refractivity contribution in [3.05, 3.63) is 47.7 Å². The van der Waals surface area contributed by atoms with Gasteiger partial charge in [-0.15, -0.1) is 0 Å². The molecule has 0 radical (unpaired) electrons. The van der Waals surface area contributed by atoms with Gasteiger partial charge in [-0.3, -0.25) is 4.79 Å². The highest BCUT2D eigenvalue weighted by Crippen LogP contribution is 2.49. The number of pyridine rings is 1. The van der Waals surface area contributed by atoms with E-state index >= 15 is 0 Å². The Balaban J connectivity index is 1.97. The zero-order valence-electron chi connectivity index (χ0n) is 19.1. The first-order chi connectivity index (χ1) is 15.3. The van der Waals surface area contributed by atoms with Crippen LogP contribution in [0.15, 0.2) is 35.5 Å². The minimum atomic E-state index is -4.04. The number of sulfonamides is 1. The molecule has 0 saturated heterocycles. The predicted molar refractivity (Wildman–Crippen MR) is 120 cm³/mol. The zero-order valence-corrected chi connectivity index (χ0v) is 19.9. The largest absolute Gasteiger partial charge is 0.493 e. The molecule has 1 saturated carbocycles. The fourth-order valence-corrected chi connectivity index (χ4v) is 5.04. The van der Waals surface area contributed by atoms with E-state index in [-0.39, 0.29) is 33.7 Å². The SMILES string of the molecule is COc1c(C2C[C@@H](C(C)(C)C)CCC2C(=O)Nc2ccnc(S(N)(=O)=O)c2)ccc(F)c1F. The minimum absolute atomic E-state index is 0.0407. The van der Waals surface area contributed by atoms with Gasteiger partial charge in [-0.2, -0.15) is 4.39 Å². The van der Waals surface area contributed by atoms with Crippen LogP contribution in [0, 0.1) is 28.9 Å². The van der Waals surface area contributed by atoms with Gasteiger partial charge >= 0.3 is 0 Å². The summed E-state index contributed by atoms with van der Waals surface area (Å²) in [5.74, 6) is -3.40. The molecule has 10 heteroatoms. The quantitative estimate of drug-likeness (QED) is 0.665. The topological polar surface area (TPSA) is 111 Å². The molecule has 33 heavy (non-hydrogen) atoms. The number of carbonyl (C=O) groups is 1. The Labute approximate surface area is 192 Å². The third-order valence-electron chi connectivity index (χ3n) is 6.39. The van der Waals surface area contributed by atoms with Crippen LogP contribution in [-0.4, -0.2) is 26.4 Å². The first kappa shape index (κ1) is 25.0. The lowest BCUT2D eigenvalue weighted by molar-refractivity contribution is -0.122. The molecule has 1 fully saturated rings. The Morgan fingerprint density at radius 3 is 2.52 bits per heavy atom. The standard InChI is InChI=1S/C23H29F2N3O4S/c1-23(2,3)13-5-6-16(17(11-13)15-7-8-18(24)20(25)21(15)32-4)22(29)28-14-9-10-27-19(12-14)33(26,30)31/h7-10,12-13,16-17H,5-6,11H2,1-4H3,(H2,26,30,31)(H,27,28,29)/t13-,16?,17?/m0/s1. The maximum absolute atomic E-state index is 14.5. The molecular weight excluding hydrogens is 452 g/mol. The third kappa shape index (κ3) is 5.50. The van der Waals surface area contributed by atoms with Crippen LogP contribution in [0.5, 0.6) is 5.75 Å². The van der Waals surface area contributed by atoms with Gasteiger partial charge in [0.05, 0.1) is 7.11 Å². The number of methoxy groups -OCH3 is 1. The van der Waals surface area contributed by atoms with Gasteiger partial charge < -0.3 is 10.1 Å². The van der Waals surface area contributed by atoms with E-state index in [4.69, 9.17) is 9.88 Å². The van der Waals surface area contributed by atoms with Crippen LogP contribution < -0.4 is 15.2 Å². The predicted octanol–water partition coefficient (Wildman–Crippen LogP) is 4.20. The summed E-state index contributed by atoms with van der Waals surface area (Å²) in [6.45, 7) is 6.34. The highest BCUT2D eigenvalue weighted by atomic mass is 32.2. The van der Waals surface area contributed by atoms with E-state index in [1.165, 1.54) is 31.5 Å². The molecule has 1 aliphatic carbocycles. The fourth-order valence-electron chi connectivity index (χ4n) is 4.54.